The fraction of sp³-hybridized carbons (Fsp3) is 0.619. The first-order chi connectivity index (χ1) is 12.7. The van der Waals surface area contributed by atoms with Crippen LogP contribution in [0.2, 0.25) is 0 Å². The number of piperidine rings is 1. The average Bonchev–Trinajstić information content (AvgIpc) is 3.22. The molecular weight excluding hydrogens is 326 g/mol. The normalized spacial score (nSPS) is 24.9. The van der Waals surface area contributed by atoms with Crippen LogP contribution in [0, 0.1) is 0 Å². The third kappa shape index (κ3) is 3.63. The van der Waals surface area contributed by atoms with Crippen LogP contribution in [-0.2, 0) is 4.79 Å². The van der Waals surface area contributed by atoms with Gasteiger partial charge in [-0.3, -0.25) is 9.59 Å². The summed E-state index contributed by atoms with van der Waals surface area (Å²) in [5.74, 6) is 0.642. The highest BCUT2D eigenvalue weighted by atomic mass is 16.2. The highest BCUT2D eigenvalue weighted by molar-refractivity contribution is 5.97. The molecule has 3 fully saturated rings. The standard InChI is InChI=1S/C21H29N3O2/c25-20-15-23(12-13-24(20)19-5-1-2-6-19)21(26)17-9-7-16(8-10-17)18-4-3-11-22-14-18/h7-10,18-19,22H,1-6,11-15H2/t18-/m1/s1. The number of nitrogens with zero attached hydrogens (tertiary/aromatic N) is 2. The van der Waals surface area contributed by atoms with Crippen molar-refractivity contribution in [2.24, 2.45) is 0 Å². The molecule has 1 aliphatic carbocycles. The second-order valence-electron chi connectivity index (χ2n) is 7.92. The molecule has 3 aliphatic rings. The summed E-state index contributed by atoms with van der Waals surface area (Å²) in [7, 11) is 0. The molecule has 140 valence electrons. The van der Waals surface area contributed by atoms with Gasteiger partial charge in [0.1, 0.15) is 6.54 Å². The van der Waals surface area contributed by atoms with Gasteiger partial charge in [0.15, 0.2) is 0 Å². The lowest BCUT2D eigenvalue weighted by atomic mass is 9.91. The van der Waals surface area contributed by atoms with Crippen LogP contribution in [0.5, 0.6) is 0 Å². The van der Waals surface area contributed by atoms with Gasteiger partial charge < -0.3 is 15.1 Å². The number of benzene rings is 1. The topological polar surface area (TPSA) is 52.7 Å². The molecule has 1 atom stereocenters. The van der Waals surface area contributed by atoms with Crippen molar-refractivity contribution < 1.29 is 9.59 Å². The lowest BCUT2D eigenvalue weighted by Crippen LogP contribution is -2.54. The number of hydrogen-bond acceptors (Lipinski definition) is 3. The van der Waals surface area contributed by atoms with Gasteiger partial charge >= 0.3 is 0 Å². The lowest BCUT2D eigenvalue weighted by Gasteiger charge is -2.37. The van der Waals surface area contributed by atoms with E-state index in [9.17, 15) is 9.59 Å². The second-order valence-corrected chi connectivity index (χ2v) is 7.92. The molecule has 0 aromatic heterocycles. The molecular formula is C21H29N3O2. The molecule has 5 heteroatoms. The first-order valence-corrected chi connectivity index (χ1v) is 10.1. The summed E-state index contributed by atoms with van der Waals surface area (Å²) in [4.78, 5) is 29.0. The van der Waals surface area contributed by atoms with Crippen LogP contribution in [0.4, 0.5) is 0 Å². The molecule has 0 bridgehead atoms. The number of nitrogens with one attached hydrogen (secondary N) is 1. The van der Waals surface area contributed by atoms with Crippen LogP contribution in [0.3, 0.4) is 0 Å². The molecule has 0 radical (unpaired) electrons. The molecule has 2 aliphatic heterocycles. The smallest absolute Gasteiger partial charge is 0.254 e. The third-order valence-corrected chi connectivity index (χ3v) is 6.24. The van der Waals surface area contributed by atoms with Crippen LogP contribution >= 0.6 is 0 Å². The van der Waals surface area contributed by atoms with E-state index >= 15 is 0 Å². The van der Waals surface area contributed by atoms with Crippen molar-refractivity contribution in [3.63, 3.8) is 0 Å². The molecule has 2 saturated heterocycles. The van der Waals surface area contributed by atoms with Crippen molar-refractivity contribution in [1.29, 1.82) is 0 Å². The van der Waals surface area contributed by atoms with Gasteiger partial charge in [-0.1, -0.05) is 25.0 Å². The maximum absolute atomic E-state index is 12.8. The Labute approximate surface area is 155 Å². The Morgan fingerprint density at radius 3 is 2.42 bits per heavy atom. The monoisotopic (exact) mass is 355 g/mol. The van der Waals surface area contributed by atoms with E-state index < -0.39 is 0 Å². The van der Waals surface area contributed by atoms with Crippen LogP contribution < -0.4 is 5.32 Å². The first kappa shape index (κ1) is 17.5. The molecule has 1 N–H and O–H groups in total. The minimum absolute atomic E-state index is 0.0160. The molecule has 0 unspecified atom stereocenters. The summed E-state index contributed by atoms with van der Waals surface area (Å²) in [6.45, 7) is 3.68. The van der Waals surface area contributed by atoms with E-state index in [1.165, 1.54) is 31.2 Å². The van der Waals surface area contributed by atoms with Gasteiger partial charge in [0.05, 0.1) is 0 Å². The Bertz CT molecular complexity index is 646. The average molecular weight is 355 g/mol. The number of rotatable bonds is 3. The maximum Gasteiger partial charge on any atom is 0.254 e. The van der Waals surface area contributed by atoms with E-state index in [4.69, 9.17) is 0 Å². The minimum Gasteiger partial charge on any atom is -0.336 e. The van der Waals surface area contributed by atoms with Crippen molar-refractivity contribution in [1.82, 2.24) is 15.1 Å². The molecule has 5 nitrogen and oxygen atoms in total. The Kier molecular flexibility index (Phi) is 5.25. The van der Waals surface area contributed by atoms with Gasteiger partial charge in [-0.25, -0.2) is 0 Å². The minimum atomic E-state index is -0.0160. The second kappa shape index (κ2) is 7.78. The summed E-state index contributed by atoms with van der Waals surface area (Å²) in [5.41, 5.74) is 2.00. The third-order valence-electron chi connectivity index (χ3n) is 6.24. The zero-order valence-electron chi connectivity index (χ0n) is 15.5. The van der Waals surface area contributed by atoms with Crippen LogP contribution in [0.1, 0.15) is 60.4 Å². The Morgan fingerprint density at radius 1 is 1.00 bits per heavy atom. The zero-order chi connectivity index (χ0) is 17.9. The number of carbonyl (C=O) groups is 2. The molecule has 2 heterocycles. The fourth-order valence-corrected chi connectivity index (χ4v) is 4.68. The highest BCUT2D eigenvalue weighted by Crippen LogP contribution is 2.26. The van der Waals surface area contributed by atoms with E-state index in [0.29, 0.717) is 30.6 Å². The van der Waals surface area contributed by atoms with Gasteiger partial charge in [-0.05, 0) is 55.8 Å². The van der Waals surface area contributed by atoms with Gasteiger partial charge in [0, 0.05) is 31.2 Å². The van der Waals surface area contributed by atoms with Crippen LogP contribution in [-0.4, -0.2) is 60.4 Å². The number of carbonyl (C=O) groups excluding carboxylic acids is 2. The number of hydrogen-bond donors (Lipinski definition) is 1. The molecule has 1 aromatic rings. The highest BCUT2D eigenvalue weighted by Gasteiger charge is 2.33. The molecule has 26 heavy (non-hydrogen) atoms. The van der Waals surface area contributed by atoms with E-state index in [0.717, 1.165) is 25.9 Å². The number of piperazine rings is 1. The summed E-state index contributed by atoms with van der Waals surface area (Å²) in [6, 6.07) is 8.44. The molecule has 1 saturated carbocycles. The summed E-state index contributed by atoms with van der Waals surface area (Å²) >= 11 is 0. The Morgan fingerprint density at radius 2 is 1.77 bits per heavy atom. The molecule has 1 aromatic carbocycles. The summed E-state index contributed by atoms with van der Waals surface area (Å²) in [6.07, 6.45) is 7.10. The Hall–Kier alpha value is -1.88. The van der Waals surface area contributed by atoms with Crippen LogP contribution in [0.25, 0.3) is 0 Å². The van der Waals surface area contributed by atoms with Gasteiger partial charge in [0.2, 0.25) is 5.91 Å². The lowest BCUT2D eigenvalue weighted by molar-refractivity contribution is -0.137. The quantitative estimate of drug-likeness (QED) is 0.906. The van der Waals surface area contributed by atoms with Crippen molar-refractivity contribution >= 4 is 11.8 Å². The molecule has 4 rings (SSSR count). The van der Waals surface area contributed by atoms with E-state index in [2.05, 4.69) is 17.4 Å². The van der Waals surface area contributed by atoms with E-state index in [1.54, 1.807) is 4.90 Å². The summed E-state index contributed by atoms with van der Waals surface area (Å²) in [5, 5.41) is 3.44. The van der Waals surface area contributed by atoms with Gasteiger partial charge in [-0.2, -0.15) is 0 Å². The fourth-order valence-electron chi connectivity index (χ4n) is 4.68. The maximum atomic E-state index is 12.8. The first-order valence-electron chi connectivity index (χ1n) is 10.1. The largest absolute Gasteiger partial charge is 0.336 e. The van der Waals surface area contributed by atoms with Gasteiger partial charge in [-0.15, -0.1) is 0 Å². The van der Waals surface area contributed by atoms with Crippen LogP contribution in [0.15, 0.2) is 24.3 Å². The van der Waals surface area contributed by atoms with Crippen molar-refractivity contribution in [2.45, 2.75) is 50.5 Å². The number of amides is 2. The zero-order valence-corrected chi connectivity index (χ0v) is 15.5. The predicted molar refractivity (Wildman–Crippen MR) is 101 cm³/mol. The Balaban J connectivity index is 1.37. The predicted octanol–water partition coefficient (Wildman–Crippen LogP) is 2.38. The van der Waals surface area contributed by atoms with Crippen molar-refractivity contribution in [2.75, 3.05) is 32.7 Å². The summed E-state index contributed by atoms with van der Waals surface area (Å²) < 4.78 is 0. The SMILES string of the molecule is O=C(c1ccc([C@@H]2CCCNC2)cc1)N1CCN(C2CCCC2)C(=O)C1. The van der Waals surface area contributed by atoms with Crippen molar-refractivity contribution in [3.05, 3.63) is 35.4 Å². The van der Waals surface area contributed by atoms with Crippen molar-refractivity contribution in [3.8, 4) is 0 Å². The van der Waals surface area contributed by atoms with E-state index in [-0.39, 0.29) is 18.4 Å². The molecule has 2 amide bonds. The molecule has 0 spiro atoms. The van der Waals surface area contributed by atoms with E-state index in [1.807, 2.05) is 17.0 Å². The van der Waals surface area contributed by atoms with Gasteiger partial charge in [0.25, 0.3) is 5.91 Å².